The molecular weight excluding hydrogens is 295 g/mol. The van der Waals surface area contributed by atoms with Crippen LogP contribution in [0.15, 0.2) is 24.3 Å². The molecule has 0 unspecified atom stereocenters. The van der Waals surface area contributed by atoms with E-state index in [0.717, 1.165) is 25.1 Å². The number of carbonyl (C=O) groups excluding carboxylic acids is 1. The van der Waals surface area contributed by atoms with Gasteiger partial charge in [0, 0.05) is 38.6 Å². The minimum Gasteiger partial charge on any atom is -0.389 e. The van der Waals surface area contributed by atoms with Crippen LogP contribution in [0.4, 0.5) is 4.39 Å². The minimum absolute atomic E-state index is 0.0117. The topological polar surface area (TPSA) is 43.8 Å². The zero-order valence-corrected chi connectivity index (χ0v) is 13.8. The molecule has 5 heteroatoms. The number of β-amino-alcohol motifs (C(OH)–C–C–N with tert-alkyl or cyclic N) is 1. The molecule has 1 aliphatic heterocycles. The summed E-state index contributed by atoms with van der Waals surface area (Å²) in [6.45, 7) is 7.25. The molecule has 23 heavy (non-hydrogen) atoms. The second-order valence-electron chi connectivity index (χ2n) is 7.42. The van der Waals surface area contributed by atoms with E-state index in [-0.39, 0.29) is 23.6 Å². The third kappa shape index (κ3) is 4.09. The summed E-state index contributed by atoms with van der Waals surface area (Å²) in [5.41, 5.74) is 0.231. The van der Waals surface area contributed by atoms with Crippen molar-refractivity contribution in [2.24, 2.45) is 5.92 Å². The first-order chi connectivity index (χ1) is 10.8. The van der Waals surface area contributed by atoms with Gasteiger partial charge in [-0.15, -0.1) is 0 Å². The lowest BCUT2D eigenvalue weighted by Crippen LogP contribution is -2.52. The summed E-state index contributed by atoms with van der Waals surface area (Å²) >= 11 is 0. The molecule has 126 valence electrons. The van der Waals surface area contributed by atoms with Gasteiger partial charge in [-0.05, 0) is 43.9 Å². The van der Waals surface area contributed by atoms with Crippen LogP contribution in [0.3, 0.4) is 0 Å². The summed E-state index contributed by atoms with van der Waals surface area (Å²) in [7, 11) is 0. The number of amides is 1. The quantitative estimate of drug-likeness (QED) is 0.921. The normalized spacial score (nSPS) is 25.5. The molecule has 1 aromatic carbocycles. The molecule has 3 rings (SSSR count). The highest BCUT2D eigenvalue weighted by Gasteiger charge is 2.46. The first-order valence-electron chi connectivity index (χ1n) is 8.32. The van der Waals surface area contributed by atoms with Gasteiger partial charge in [-0.25, -0.2) is 4.39 Å². The first kappa shape index (κ1) is 16.4. The van der Waals surface area contributed by atoms with E-state index in [4.69, 9.17) is 0 Å². The highest BCUT2D eigenvalue weighted by molar-refractivity contribution is 5.83. The summed E-state index contributed by atoms with van der Waals surface area (Å²) in [5.74, 6) is 0.147. The van der Waals surface area contributed by atoms with Crippen molar-refractivity contribution in [3.63, 3.8) is 0 Å². The number of benzene rings is 1. The molecule has 2 aliphatic rings. The van der Waals surface area contributed by atoms with Crippen LogP contribution in [-0.4, -0.2) is 59.1 Å². The van der Waals surface area contributed by atoms with Crippen LogP contribution in [0, 0.1) is 11.7 Å². The number of piperazine rings is 1. The fourth-order valence-corrected chi connectivity index (χ4v) is 3.48. The van der Waals surface area contributed by atoms with Crippen molar-refractivity contribution in [1.82, 2.24) is 9.80 Å². The third-order valence-corrected chi connectivity index (χ3v) is 4.68. The molecule has 0 spiro atoms. The molecule has 0 aromatic heterocycles. The predicted molar refractivity (Wildman–Crippen MR) is 86.6 cm³/mol. The fraction of sp³-hybridized carbons (Fsp3) is 0.611. The molecule has 1 amide bonds. The van der Waals surface area contributed by atoms with Crippen LogP contribution in [0.5, 0.6) is 0 Å². The van der Waals surface area contributed by atoms with Crippen molar-refractivity contribution in [2.75, 3.05) is 32.7 Å². The number of hydrogen-bond donors (Lipinski definition) is 1. The van der Waals surface area contributed by atoms with Gasteiger partial charge in [-0.2, -0.15) is 0 Å². The lowest BCUT2D eigenvalue weighted by molar-refractivity contribution is -0.134. The maximum absolute atomic E-state index is 13.3. The Labute approximate surface area is 136 Å². The van der Waals surface area contributed by atoms with Crippen LogP contribution in [0.2, 0.25) is 0 Å². The zero-order valence-electron chi connectivity index (χ0n) is 13.8. The summed E-state index contributed by atoms with van der Waals surface area (Å²) in [5, 5.41) is 9.87. The zero-order chi connectivity index (χ0) is 16.6. The maximum Gasteiger partial charge on any atom is 0.226 e. The van der Waals surface area contributed by atoms with Crippen LogP contribution in [-0.2, 0) is 4.79 Å². The SMILES string of the molecule is CC(C)(O)CN1CCN(C(=O)[C@@H]2C[C@@H]2c2cccc(F)c2)CC1. The molecule has 0 bridgehead atoms. The van der Waals surface area contributed by atoms with Gasteiger partial charge in [-0.1, -0.05) is 12.1 Å². The van der Waals surface area contributed by atoms with Crippen molar-refractivity contribution in [2.45, 2.75) is 31.8 Å². The summed E-state index contributed by atoms with van der Waals surface area (Å²) in [6.07, 6.45) is 0.826. The van der Waals surface area contributed by atoms with Gasteiger partial charge in [0.15, 0.2) is 0 Å². The van der Waals surface area contributed by atoms with E-state index in [1.165, 1.54) is 6.07 Å². The first-order valence-corrected chi connectivity index (χ1v) is 8.32. The van der Waals surface area contributed by atoms with E-state index in [2.05, 4.69) is 4.90 Å². The number of halogens is 1. The van der Waals surface area contributed by atoms with E-state index in [1.807, 2.05) is 11.0 Å². The lowest BCUT2D eigenvalue weighted by atomic mass is 10.1. The number of aliphatic hydroxyl groups is 1. The Kier molecular flexibility index (Phi) is 4.43. The Morgan fingerprint density at radius 1 is 1.30 bits per heavy atom. The van der Waals surface area contributed by atoms with Crippen molar-refractivity contribution < 1.29 is 14.3 Å². The number of carbonyl (C=O) groups is 1. The van der Waals surface area contributed by atoms with Crippen molar-refractivity contribution in [3.05, 3.63) is 35.6 Å². The standard InChI is InChI=1S/C18H25FN2O2/c1-18(2,23)12-20-6-8-21(9-7-20)17(22)16-11-15(16)13-4-3-5-14(19)10-13/h3-5,10,15-16,23H,6-9,11-12H2,1-2H3/t15-,16-/m1/s1. The van der Waals surface area contributed by atoms with Crippen molar-refractivity contribution >= 4 is 5.91 Å². The molecule has 0 radical (unpaired) electrons. The van der Waals surface area contributed by atoms with Gasteiger partial charge in [-0.3, -0.25) is 9.69 Å². The third-order valence-electron chi connectivity index (χ3n) is 4.68. The minimum atomic E-state index is -0.703. The Morgan fingerprint density at radius 3 is 2.61 bits per heavy atom. The molecule has 1 saturated heterocycles. The molecule has 1 N–H and O–H groups in total. The fourth-order valence-electron chi connectivity index (χ4n) is 3.48. The van der Waals surface area contributed by atoms with E-state index in [9.17, 15) is 14.3 Å². The highest BCUT2D eigenvalue weighted by atomic mass is 19.1. The van der Waals surface area contributed by atoms with E-state index in [1.54, 1.807) is 26.0 Å². The molecular formula is C18H25FN2O2. The lowest BCUT2D eigenvalue weighted by Gasteiger charge is -2.37. The molecule has 1 heterocycles. The Bertz CT molecular complexity index is 577. The second kappa shape index (κ2) is 6.21. The molecule has 1 aliphatic carbocycles. The summed E-state index contributed by atoms with van der Waals surface area (Å²) in [4.78, 5) is 16.7. The number of nitrogens with zero attached hydrogens (tertiary/aromatic N) is 2. The monoisotopic (exact) mass is 320 g/mol. The molecule has 1 saturated carbocycles. The predicted octanol–water partition coefficient (Wildman–Crippen LogP) is 1.84. The Morgan fingerprint density at radius 2 is 2.00 bits per heavy atom. The summed E-state index contributed by atoms with van der Waals surface area (Å²) < 4.78 is 13.3. The van der Waals surface area contributed by atoms with Gasteiger partial charge < -0.3 is 10.0 Å². The Hall–Kier alpha value is -1.46. The van der Waals surface area contributed by atoms with Gasteiger partial charge in [0.25, 0.3) is 0 Å². The second-order valence-corrected chi connectivity index (χ2v) is 7.42. The van der Waals surface area contributed by atoms with Crippen LogP contribution in [0.1, 0.15) is 31.7 Å². The van der Waals surface area contributed by atoms with Crippen LogP contribution in [0.25, 0.3) is 0 Å². The maximum atomic E-state index is 13.3. The molecule has 1 aromatic rings. The smallest absolute Gasteiger partial charge is 0.226 e. The average molecular weight is 320 g/mol. The highest BCUT2D eigenvalue weighted by Crippen LogP contribution is 2.48. The van der Waals surface area contributed by atoms with Crippen molar-refractivity contribution in [1.29, 1.82) is 0 Å². The number of hydrogen-bond acceptors (Lipinski definition) is 3. The van der Waals surface area contributed by atoms with Crippen LogP contribution < -0.4 is 0 Å². The molecule has 4 nitrogen and oxygen atoms in total. The van der Waals surface area contributed by atoms with E-state index in [0.29, 0.717) is 19.6 Å². The molecule has 2 fully saturated rings. The average Bonchev–Trinajstić information content (AvgIpc) is 3.26. The van der Waals surface area contributed by atoms with Crippen LogP contribution >= 0.6 is 0 Å². The molecule has 2 atom stereocenters. The van der Waals surface area contributed by atoms with Gasteiger partial charge in [0.2, 0.25) is 5.91 Å². The van der Waals surface area contributed by atoms with Gasteiger partial charge in [0.1, 0.15) is 5.82 Å². The number of rotatable bonds is 4. The summed E-state index contributed by atoms with van der Waals surface area (Å²) in [6, 6.07) is 6.59. The van der Waals surface area contributed by atoms with Gasteiger partial charge in [0.05, 0.1) is 5.60 Å². The Balaban J connectivity index is 1.51. The van der Waals surface area contributed by atoms with E-state index >= 15 is 0 Å². The van der Waals surface area contributed by atoms with E-state index < -0.39 is 5.60 Å². The largest absolute Gasteiger partial charge is 0.389 e. The van der Waals surface area contributed by atoms with Crippen molar-refractivity contribution in [3.8, 4) is 0 Å². The van der Waals surface area contributed by atoms with Gasteiger partial charge >= 0.3 is 0 Å².